The van der Waals surface area contributed by atoms with Crippen LogP contribution in [-0.2, 0) is 16.2 Å². The molecule has 3 aromatic rings. The third kappa shape index (κ3) is 8.20. The maximum atomic E-state index is 13.3. The topological polar surface area (TPSA) is 133 Å². The first-order valence-electron chi connectivity index (χ1n) is 14.6. The molecule has 2 aromatic carbocycles. The summed E-state index contributed by atoms with van der Waals surface area (Å²) in [5.74, 6) is -0.374. The molecule has 11 nitrogen and oxygen atoms in total. The molecule has 4 rings (SSSR count). The fraction of sp³-hybridized carbons (Fsp3) is 0.438. The van der Waals surface area contributed by atoms with Crippen molar-refractivity contribution in [2.24, 2.45) is 5.92 Å². The van der Waals surface area contributed by atoms with Gasteiger partial charge in [0.1, 0.15) is 18.5 Å². The number of benzene rings is 2. The van der Waals surface area contributed by atoms with Crippen molar-refractivity contribution in [2.75, 3.05) is 13.1 Å². The van der Waals surface area contributed by atoms with Gasteiger partial charge in [0.25, 0.3) is 5.91 Å². The lowest BCUT2D eigenvalue weighted by molar-refractivity contribution is -0.171. The molecule has 1 fully saturated rings. The second-order valence-electron chi connectivity index (χ2n) is 11.8. The van der Waals surface area contributed by atoms with Crippen LogP contribution in [0.25, 0.3) is 10.9 Å². The highest BCUT2D eigenvalue weighted by atomic mass is 16.7. The average Bonchev–Trinajstić information content (AvgIpc) is 2.96. The molecule has 1 aromatic heterocycles. The number of piperidine rings is 1. The molecule has 230 valence electrons. The second-order valence-corrected chi connectivity index (χ2v) is 11.8. The van der Waals surface area contributed by atoms with E-state index in [-0.39, 0.29) is 18.2 Å². The molecule has 1 aliphatic rings. The monoisotopic (exact) mass is 591 g/mol. The van der Waals surface area contributed by atoms with Crippen LogP contribution in [0.5, 0.6) is 5.75 Å². The molecule has 1 saturated heterocycles. The molecule has 3 N–H and O–H groups in total. The van der Waals surface area contributed by atoms with E-state index in [9.17, 15) is 14.4 Å². The first-order chi connectivity index (χ1) is 20.5. The third-order valence-electron chi connectivity index (χ3n) is 7.54. The highest BCUT2D eigenvalue weighted by Crippen LogP contribution is 2.27. The number of hydrogen-bond acceptors (Lipinski definition) is 8. The Balaban J connectivity index is 1.43. The number of para-hydroxylation sites is 1. The lowest BCUT2D eigenvalue weighted by Gasteiger charge is -2.40. The summed E-state index contributed by atoms with van der Waals surface area (Å²) >= 11 is 0. The fourth-order valence-corrected chi connectivity index (χ4v) is 5.39. The van der Waals surface area contributed by atoms with E-state index in [0.717, 1.165) is 22.2 Å². The van der Waals surface area contributed by atoms with Gasteiger partial charge in [-0.15, -0.1) is 5.06 Å². The summed E-state index contributed by atoms with van der Waals surface area (Å²) in [7, 11) is 0. The molecule has 0 spiro atoms. The average molecular weight is 592 g/mol. The van der Waals surface area contributed by atoms with Crippen LogP contribution in [-0.4, -0.2) is 62.9 Å². The first kappa shape index (κ1) is 31.7. The molecule has 2 heterocycles. The summed E-state index contributed by atoms with van der Waals surface area (Å²) in [6.45, 7) is 10.7. The zero-order chi connectivity index (χ0) is 31.1. The van der Waals surface area contributed by atoms with Crippen LogP contribution < -0.4 is 15.5 Å². The number of amides is 3. The number of nitrogens with one attached hydrogen (secondary N) is 2. The molecule has 0 aliphatic carbocycles. The summed E-state index contributed by atoms with van der Waals surface area (Å²) in [6, 6.07) is 16.7. The Kier molecular flexibility index (Phi) is 10.2. The van der Waals surface area contributed by atoms with Gasteiger partial charge >= 0.3 is 6.09 Å². The lowest BCUT2D eigenvalue weighted by atomic mass is 9.92. The van der Waals surface area contributed by atoms with Crippen LogP contribution >= 0.6 is 0 Å². The smallest absolute Gasteiger partial charge is 0.429 e. The van der Waals surface area contributed by atoms with Crippen LogP contribution in [0.3, 0.4) is 0 Å². The van der Waals surface area contributed by atoms with Gasteiger partial charge in [0.05, 0.1) is 5.52 Å². The highest BCUT2D eigenvalue weighted by molar-refractivity contribution is 5.94. The predicted molar refractivity (Wildman–Crippen MR) is 161 cm³/mol. The van der Waals surface area contributed by atoms with Crippen molar-refractivity contribution in [3.8, 4) is 5.75 Å². The summed E-state index contributed by atoms with van der Waals surface area (Å²) in [5.41, 5.74) is 4.47. The van der Waals surface area contributed by atoms with Crippen molar-refractivity contribution >= 4 is 28.8 Å². The SMILES string of the molecule is CCN(C(=O)ON1CCC(CC(=O)NO)C[C@H]1NC(=O)c1ccc(OCc2cc(C)nc3ccccc23)cc1)C(C)(C)C. The van der Waals surface area contributed by atoms with Crippen molar-refractivity contribution in [2.45, 2.75) is 72.2 Å². The van der Waals surface area contributed by atoms with Gasteiger partial charge in [-0.05, 0) is 89.8 Å². The van der Waals surface area contributed by atoms with Crippen LogP contribution in [0.15, 0.2) is 54.6 Å². The van der Waals surface area contributed by atoms with Crippen LogP contribution in [0.2, 0.25) is 0 Å². The molecule has 0 bridgehead atoms. The molecule has 43 heavy (non-hydrogen) atoms. The molecular formula is C32H41N5O6. The number of carbonyl (C=O) groups excluding carboxylic acids is 3. The van der Waals surface area contributed by atoms with E-state index in [1.807, 2.05) is 65.0 Å². The fourth-order valence-electron chi connectivity index (χ4n) is 5.39. The van der Waals surface area contributed by atoms with E-state index >= 15 is 0 Å². The molecule has 2 atom stereocenters. The Morgan fingerprint density at radius 2 is 1.84 bits per heavy atom. The number of nitrogens with zero attached hydrogens (tertiary/aromatic N) is 3. The van der Waals surface area contributed by atoms with E-state index < -0.39 is 23.7 Å². The Labute approximate surface area is 252 Å². The van der Waals surface area contributed by atoms with Gasteiger partial charge in [0.15, 0.2) is 0 Å². The van der Waals surface area contributed by atoms with Crippen molar-refractivity contribution in [3.05, 3.63) is 71.4 Å². The Hall–Kier alpha value is -4.22. The van der Waals surface area contributed by atoms with E-state index in [0.29, 0.717) is 43.9 Å². The van der Waals surface area contributed by atoms with Crippen LogP contribution in [0.4, 0.5) is 4.79 Å². The molecule has 1 unspecified atom stereocenters. The van der Waals surface area contributed by atoms with E-state index in [1.54, 1.807) is 34.6 Å². The second kappa shape index (κ2) is 13.8. The van der Waals surface area contributed by atoms with Gasteiger partial charge in [-0.1, -0.05) is 18.2 Å². The summed E-state index contributed by atoms with van der Waals surface area (Å²) < 4.78 is 6.03. The maximum absolute atomic E-state index is 13.3. The molecule has 3 amide bonds. The van der Waals surface area contributed by atoms with E-state index in [4.69, 9.17) is 14.8 Å². The van der Waals surface area contributed by atoms with Gasteiger partial charge < -0.3 is 19.8 Å². The van der Waals surface area contributed by atoms with Gasteiger partial charge in [0.2, 0.25) is 5.91 Å². The number of hydroxylamine groups is 3. The van der Waals surface area contributed by atoms with Crippen LogP contribution in [0, 0.1) is 12.8 Å². The quantitative estimate of drug-likeness (QED) is 0.235. The number of rotatable bonds is 9. The largest absolute Gasteiger partial charge is 0.489 e. The van der Waals surface area contributed by atoms with Gasteiger partial charge in [0, 0.05) is 47.3 Å². The number of pyridine rings is 1. The maximum Gasteiger partial charge on any atom is 0.429 e. The normalized spacial score (nSPS) is 17.3. The lowest BCUT2D eigenvalue weighted by Crippen LogP contribution is -2.56. The van der Waals surface area contributed by atoms with Gasteiger partial charge in [-0.3, -0.25) is 19.8 Å². The number of ether oxygens (including phenoxy) is 1. The zero-order valence-corrected chi connectivity index (χ0v) is 25.4. The van der Waals surface area contributed by atoms with Crippen LogP contribution in [0.1, 0.15) is 68.6 Å². The van der Waals surface area contributed by atoms with Crippen molar-refractivity contribution in [3.63, 3.8) is 0 Å². The molecule has 11 heteroatoms. The van der Waals surface area contributed by atoms with E-state index in [2.05, 4.69) is 10.3 Å². The highest BCUT2D eigenvalue weighted by Gasteiger charge is 2.36. The minimum atomic E-state index is -0.667. The molecule has 0 radical (unpaired) electrons. The molecule has 1 aliphatic heterocycles. The Morgan fingerprint density at radius 3 is 2.51 bits per heavy atom. The van der Waals surface area contributed by atoms with Crippen molar-refractivity contribution in [1.82, 2.24) is 25.7 Å². The van der Waals surface area contributed by atoms with Crippen molar-refractivity contribution in [1.29, 1.82) is 0 Å². The molecular weight excluding hydrogens is 550 g/mol. The van der Waals surface area contributed by atoms with Gasteiger partial charge in [-0.2, -0.15) is 0 Å². The number of fused-ring (bicyclic) bond motifs is 1. The third-order valence-corrected chi connectivity index (χ3v) is 7.54. The zero-order valence-electron chi connectivity index (χ0n) is 25.4. The number of aryl methyl sites for hydroxylation is 1. The summed E-state index contributed by atoms with van der Waals surface area (Å²) in [6.07, 6.45) is -0.188. The first-order valence-corrected chi connectivity index (χ1v) is 14.6. The van der Waals surface area contributed by atoms with Gasteiger partial charge in [-0.25, -0.2) is 10.3 Å². The number of carbonyl (C=O) groups is 3. The minimum absolute atomic E-state index is 0.0893. The predicted octanol–water partition coefficient (Wildman–Crippen LogP) is 4.96. The minimum Gasteiger partial charge on any atom is -0.489 e. The Bertz CT molecular complexity index is 1440. The summed E-state index contributed by atoms with van der Waals surface area (Å²) in [5, 5.41) is 14.4. The van der Waals surface area contributed by atoms with Crippen molar-refractivity contribution < 1.29 is 29.2 Å². The molecule has 0 saturated carbocycles. The summed E-state index contributed by atoms with van der Waals surface area (Å²) in [4.78, 5) is 50.1. The van der Waals surface area contributed by atoms with E-state index in [1.165, 1.54) is 5.06 Å². The number of aromatic nitrogens is 1. The Morgan fingerprint density at radius 1 is 1.12 bits per heavy atom. The number of hydrogen-bond donors (Lipinski definition) is 3. The standard InChI is InChI=1S/C32H41N5O6/c1-6-36(32(3,4)5)31(40)43-37-16-15-22(19-29(38)35-41)18-28(37)34-30(39)23-11-13-25(14-12-23)42-20-24-17-21(2)33-27-10-8-7-9-26(24)27/h7-14,17,22,28,41H,6,15-16,18-20H2,1-5H3,(H,34,39)(H,35,38)/t22?,28-/m0/s1.